The quantitative estimate of drug-likeness (QED) is 0.791. The third-order valence-corrected chi connectivity index (χ3v) is 1.97. The summed E-state index contributed by atoms with van der Waals surface area (Å²) in [7, 11) is 0. The molecule has 0 unspecified atom stereocenters. The van der Waals surface area contributed by atoms with E-state index in [2.05, 4.69) is 5.32 Å². The molecule has 78 valence electrons. The molecule has 0 amide bonds. The molecule has 1 aromatic rings. The fraction of sp³-hybridized carbons (Fsp3) is 0.400. The number of aliphatic hydroxyl groups excluding tert-OH is 1. The third kappa shape index (κ3) is 3.09. The topological polar surface area (TPSA) is 41.5 Å². The molecule has 0 heterocycles. The normalized spacial score (nSPS) is 9.93. The van der Waals surface area contributed by atoms with Crippen molar-refractivity contribution in [2.75, 3.05) is 25.1 Å². The number of aliphatic hydroxyl groups is 1. The molecule has 0 aliphatic carbocycles. The Hall–Kier alpha value is -0.930. The van der Waals surface area contributed by atoms with E-state index >= 15 is 0 Å². The van der Waals surface area contributed by atoms with Crippen molar-refractivity contribution >= 4 is 17.3 Å². The highest BCUT2D eigenvalue weighted by molar-refractivity contribution is 6.32. The first-order chi connectivity index (χ1) is 6.77. The van der Waals surface area contributed by atoms with Gasteiger partial charge >= 0.3 is 0 Å². The molecule has 0 fully saturated rings. The first-order valence-corrected chi connectivity index (χ1v) is 4.92. The van der Waals surface area contributed by atoms with Gasteiger partial charge in [0.1, 0.15) is 5.75 Å². The number of halogens is 1. The molecule has 0 aliphatic heterocycles. The Labute approximate surface area is 88.7 Å². The molecule has 0 spiro atoms. The molecule has 3 nitrogen and oxygen atoms in total. The monoisotopic (exact) mass is 215 g/mol. The van der Waals surface area contributed by atoms with Gasteiger partial charge in [-0.25, -0.2) is 0 Å². The van der Waals surface area contributed by atoms with Crippen LogP contribution in [0.1, 0.15) is 6.92 Å². The molecule has 0 saturated heterocycles. The van der Waals surface area contributed by atoms with E-state index in [1.54, 1.807) is 6.07 Å². The summed E-state index contributed by atoms with van der Waals surface area (Å²) in [5.41, 5.74) is 0.882. The Morgan fingerprint density at radius 3 is 2.86 bits per heavy atom. The van der Waals surface area contributed by atoms with Crippen molar-refractivity contribution < 1.29 is 9.84 Å². The molecule has 14 heavy (non-hydrogen) atoms. The van der Waals surface area contributed by atoms with Gasteiger partial charge in [-0.3, -0.25) is 0 Å². The van der Waals surface area contributed by atoms with Gasteiger partial charge in [-0.05, 0) is 25.1 Å². The summed E-state index contributed by atoms with van der Waals surface area (Å²) in [6.07, 6.45) is 0. The number of hydrogen-bond acceptors (Lipinski definition) is 3. The number of benzene rings is 1. The summed E-state index contributed by atoms with van der Waals surface area (Å²) in [6, 6.07) is 5.46. The Kier molecular flexibility index (Phi) is 4.56. The number of nitrogens with one attached hydrogen (secondary N) is 1. The van der Waals surface area contributed by atoms with Crippen molar-refractivity contribution in [2.24, 2.45) is 0 Å². The largest absolute Gasteiger partial charge is 0.492 e. The second-order valence-electron chi connectivity index (χ2n) is 2.73. The Morgan fingerprint density at radius 1 is 1.50 bits per heavy atom. The maximum Gasteiger partial charge on any atom is 0.138 e. The van der Waals surface area contributed by atoms with Gasteiger partial charge in [-0.15, -0.1) is 0 Å². The maximum absolute atomic E-state index is 8.62. The predicted octanol–water partition coefficient (Wildman–Crippen LogP) is 2.14. The predicted molar refractivity (Wildman–Crippen MR) is 58.2 cm³/mol. The van der Waals surface area contributed by atoms with Crippen LogP contribution in [0.4, 0.5) is 5.69 Å². The molecular weight excluding hydrogens is 202 g/mol. The minimum Gasteiger partial charge on any atom is -0.492 e. The van der Waals surface area contributed by atoms with Crippen LogP contribution in [-0.2, 0) is 0 Å². The van der Waals surface area contributed by atoms with Crippen LogP contribution in [0.25, 0.3) is 0 Å². The van der Waals surface area contributed by atoms with Crippen LogP contribution >= 0.6 is 11.6 Å². The maximum atomic E-state index is 8.62. The zero-order valence-corrected chi connectivity index (χ0v) is 8.84. The molecule has 1 aromatic carbocycles. The van der Waals surface area contributed by atoms with Gasteiger partial charge in [0.2, 0.25) is 0 Å². The number of hydrogen-bond donors (Lipinski definition) is 2. The van der Waals surface area contributed by atoms with E-state index < -0.39 is 0 Å². The Balaban J connectivity index is 2.68. The molecular formula is C10H14ClNO2. The summed E-state index contributed by atoms with van der Waals surface area (Å²) >= 11 is 5.96. The number of anilines is 1. The molecule has 0 radical (unpaired) electrons. The van der Waals surface area contributed by atoms with Gasteiger partial charge in [0.15, 0.2) is 0 Å². The smallest absolute Gasteiger partial charge is 0.138 e. The van der Waals surface area contributed by atoms with Crippen LogP contribution in [0, 0.1) is 0 Å². The molecule has 0 aliphatic rings. The van der Waals surface area contributed by atoms with Gasteiger partial charge < -0.3 is 15.2 Å². The van der Waals surface area contributed by atoms with Crippen LogP contribution in [0.3, 0.4) is 0 Å². The second kappa shape index (κ2) is 5.73. The van der Waals surface area contributed by atoms with E-state index in [1.807, 2.05) is 19.1 Å². The highest BCUT2D eigenvalue weighted by Gasteiger charge is 2.01. The lowest BCUT2D eigenvalue weighted by Crippen LogP contribution is -2.05. The zero-order valence-electron chi connectivity index (χ0n) is 8.09. The fourth-order valence-electron chi connectivity index (χ4n) is 1.08. The first-order valence-electron chi connectivity index (χ1n) is 4.55. The van der Waals surface area contributed by atoms with Crippen molar-refractivity contribution in [3.05, 3.63) is 23.2 Å². The molecule has 0 bridgehead atoms. The van der Waals surface area contributed by atoms with Crippen LogP contribution in [0.15, 0.2) is 18.2 Å². The minimum absolute atomic E-state index is 0.102. The van der Waals surface area contributed by atoms with E-state index in [9.17, 15) is 0 Å². The van der Waals surface area contributed by atoms with Crippen molar-refractivity contribution in [3.8, 4) is 5.75 Å². The lowest BCUT2D eigenvalue weighted by atomic mass is 10.3. The second-order valence-corrected chi connectivity index (χ2v) is 3.14. The van der Waals surface area contributed by atoms with Gasteiger partial charge in [0, 0.05) is 12.2 Å². The van der Waals surface area contributed by atoms with E-state index in [0.717, 1.165) is 5.69 Å². The summed E-state index contributed by atoms with van der Waals surface area (Å²) in [5.74, 6) is 0.684. The SMILES string of the molecule is CCOc1ccc(NCCO)cc1Cl. The molecule has 4 heteroatoms. The number of rotatable bonds is 5. The van der Waals surface area contributed by atoms with Crippen molar-refractivity contribution in [1.29, 1.82) is 0 Å². The van der Waals surface area contributed by atoms with E-state index in [-0.39, 0.29) is 6.61 Å². The highest BCUT2D eigenvalue weighted by atomic mass is 35.5. The molecule has 1 rings (SSSR count). The lowest BCUT2D eigenvalue weighted by Gasteiger charge is -2.08. The minimum atomic E-state index is 0.102. The Bertz CT molecular complexity index is 291. The van der Waals surface area contributed by atoms with Crippen molar-refractivity contribution in [1.82, 2.24) is 0 Å². The standard InChI is InChI=1S/C10H14ClNO2/c1-2-14-10-4-3-8(7-9(10)11)12-5-6-13/h3-4,7,12-13H,2,5-6H2,1H3. The summed E-state index contributed by atoms with van der Waals surface area (Å²) < 4.78 is 5.29. The lowest BCUT2D eigenvalue weighted by molar-refractivity contribution is 0.311. The van der Waals surface area contributed by atoms with Crippen LogP contribution < -0.4 is 10.1 Å². The highest BCUT2D eigenvalue weighted by Crippen LogP contribution is 2.27. The first kappa shape index (κ1) is 11.1. The van der Waals surface area contributed by atoms with Crippen LogP contribution in [0.2, 0.25) is 5.02 Å². The van der Waals surface area contributed by atoms with Gasteiger partial charge in [0.25, 0.3) is 0 Å². The van der Waals surface area contributed by atoms with Gasteiger partial charge in [-0.1, -0.05) is 11.6 Å². The molecule has 0 saturated carbocycles. The average molecular weight is 216 g/mol. The van der Waals surface area contributed by atoms with Crippen LogP contribution in [-0.4, -0.2) is 24.9 Å². The van der Waals surface area contributed by atoms with Gasteiger partial charge in [0.05, 0.1) is 18.2 Å². The van der Waals surface area contributed by atoms with Gasteiger partial charge in [-0.2, -0.15) is 0 Å². The summed E-state index contributed by atoms with van der Waals surface area (Å²) in [6.45, 7) is 3.13. The number of ether oxygens (including phenoxy) is 1. The Morgan fingerprint density at radius 2 is 2.29 bits per heavy atom. The molecule has 2 N–H and O–H groups in total. The summed E-state index contributed by atoms with van der Waals surface area (Å²) in [5, 5.41) is 12.2. The van der Waals surface area contributed by atoms with E-state index in [1.165, 1.54) is 0 Å². The van der Waals surface area contributed by atoms with Crippen LogP contribution in [0.5, 0.6) is 5.75 Å². The molecule has 0 aromatic heterocycles. The average Bonchev–Trinajstić information content (AvgIpc) is 2.19. The van der Waals surface area contributed by atoms with E-state index in [4.69, 9.17) is 21.4 Å². The van der Waals surface area contributed by atoms with Crippen molar-refractivity contribution in [3.63, 3.8) is 0 Å². The molecule has 0 atom stereocenters. The third-order valence-electron chi connectivity index (χ3n) is 1.67. The fourth-order valence-corrected chi connectivity index (χ4v) is 1.32. The van der Waals surface area contributed by atoms with Crippen molar-refractivity contribution in [2.45, 2.75) is 6.92 Å². The zero-order chi connectivity index (χ0) is 10.4. The van der Waals surface area contributed by atoms with E-state index in [0.29, 0.717) is 23.9 Å². The summed E-state index contributed by atoms with van der Waals surface area (Å²) in [4.78, 5) is 0.